The second-order valence-corrected chi connectivity index (χ2v) is 7.59. The molecule has 0 aliphatic carbocycles. The molecule has 1 heterocycles. The highest BCUT2D eigenvalue weighted by Crippen LogP contribution is 2.27. The predicted octanol–water partition coefficient (Wildman–Crippen LogP) is 2.98. The van der Waals surface area contributed by atoms with Crippen molar-refractivity contribution in [2.45, 2.75) is 20.3 Å². The third-order valence-electron chi connectivity index (χ3n) is 5.10. The van der Waals surface area contributed by atoms with Crippen LogP contribution in [0.1, 0.15) is 17.5 Å². The number of ether oxygens (including phenoxy) is 1. The molecule has 0 bridgehead atoms. The monoisotopic (exact) mass is 421 g/mol. The number of rotatable bonds is 8. The van der Waals surface area contributed by atoms with E-state index >= 15 is 0 Å². The lowest BCUT2D eigenvalue weighted by Gasteiger charge is -2.17. The topological polar surface area (TPSA) is 87.7 Å². The van der Waals surface area contributed by atoms with Crippen LogP contribution in [-0.2, 0) is 14.4 Å². The second kappa shape index (κ2) is 9.93. The summed E-state index contributed by atoms with van der Waals surface area (Å²) < 4.78 is 5.57. The minimum absolute atomic E-state index is 0.0969. The summed E-state index contributed by atoms with van der Waals surface area (Å²) >= 11 is 0. The Balaban J connectivity index is 1.53. The zero-order valence-electron chi connectivity index (χ0n) is 17.8. The Bertz CT molecular complexity index is 985. The van der Waals surface area contributed by atoms with Gasteiger partial charge in [-0.25, -0.2) is 0 Å². The van der Waals surface area contributed by atoms with Gasteiger partial charge in [-0.1, -0.05) is 18.2 Å². The maximum absolute atomic E-state index is 12.3. The number of hydrogen-bond donors (Lipinski definition) is 2. The van der Waals surface area contributed by atoms with E-state index in [1.165, 1.54) is 0 Å². The molecule has 1 aliphatic rings. The molecule has 0 aromatic heterocycles. The Morgan fingerprint density at radius 2 is 1.94 bits per heavy atom. The van der Waals surface area contributed by atoms with Gasteiger partial charge in [0, 0.05) is 30.9 Å². The van der Waals surface area contributed by atoms with Crippen molar-refractivity contribution in [1.82, 2.24) is 5.32 Å². The van der Waals surface area contributed by atoms with Crippen molar-refractivity contribution in [3.63, 3.8) is 0 Å². The van der Waals surface area contributed by atoms with E-state index in [1.54, 1.807) is 35.2 Å². The summed E-state index contributed by atoms with van der Waals surface area (Å²) in [4.78, 5) is 38.2. The average Bonchev–Trinajstić information content (AvgIpc) is 3.15. The van der Waals surface area contributed by atoms with Crippen LogP contribution >= 0.6 is 0 Å². The van der Waals surface area contributed by atoms with Crippen molar-refractivity contribution in [3.05, 3.63) is 66.2 Å². The maximum Gasteiger partial charge on any atom is 0.262 e. The number of carbonyl (C=O) groups is 3. The molecule has 0 unspecified atom stereocenters. The minimum Gasteiger partial charge on any atom is -0.484 e. The van der Waals surface area contributed by atoms with Crippen molar-refractivity contribution >= 4 is 29.1 Å². The standard InChI is InChI=1S/C24H27N3O4/c1-4-11-25-24(30)18-13-23(29)27(14-18)19-7-9-20(10-8-19)31-15-22(28)26-21-12-16(2)5-6-17(21)3/h4-10,12,18H,1,11,13-15H2,2-3H3,(H,25,30)(H,26,28)/t18-/m1/s1. The molecule has 7 nitrogen and oxygen atoms in total. The molecule has 2 aromatic rings. The fraction of sp³-hybridized carbons (Fsp3) is 0.292. The SMILES string of the molecule is C=CCNC(=O)[C@@H]1CC(=O)N(c2ccc(OCC(=O)Nc3cc(C)ccc3C)cc2)C1. The largest absolute Gasteiger partial charge is 0.484 e. The molecule has 1 saturated heterocycles. The summed E-state index contributed by atoms with van der Waals surface area (Å²) in [5, 5.41) is 5.59. The number of benzene rings is 2. The van der Waals surface area contributed by atoms with Crippen LogP contribution in [0.25, 0.3) is 0 Å². The highest BCUT2D eigenvalue weighted by molar-refractivity contribution is 6.00. The van der Waals surface area contributed by atoms with Gasteiger partial charge < -0.3 is 20.3 Å². The van der Waals surface area contributed by atoms with Crippen LogP contribution in [0.5, 0.6) is 5.75 Å². The molecule has 162 valence electrons. The molecule has 31 heavy (non-hydrogen) atoms. The summed E-state index contributed by atoms with van der Waals surface area (Å²) in [6.45, 7) is 8.06. The summed E-state index contributed by atoms with van der Waals surface area (Å²) in [6, 6.07) is 12.8. The Hall–Kier alpha value is -3.61. The van der Waals surface area contributed by atoms with Crippen LogP contribution in [0.2, 0.25) is 0 Å². The third-order valence-corrected chi connectivity index (χ3v) is 5.10. The Kier molecular flexibility index (Phi) is 7.07. The summed E-state index contributed by atoms with van der Waals surface area (Å²) in [6.07, 6.45) is 1.78. The Morgan fingerprint density at radius 1 is 1.19 bits per heavy atom. The van der Waals surface area contributed by atoms with Crippen LogP contribution in [0.15, 0.2) is 55.1 Å². The molecule has 0 spiro atoms. The lowest BCUT2D eigenvalue weighted by Crippen LogP contribution is -2.32. The zero-order chi connectivity index (χ0) is 22.4. The first-order valence-corrected chi connectivity index (χ1v) is 10.2. The zero-order valence-corrected chi connectivity index (χ0v) is 17.8. The molecule has 0 saturated carbocycles. The molecule has 1 aliphatic heterocycles. The maximum atomic E-state index is 12.3. The van der Waals surface area contributed by atoms with E-state index in [-0.39, 0.29) is 36.7 Å². The first-order valence-electron chi connectivity index (χ1n) is 10.2. The molecular formula is C24H27N3O4. The fourth-order valence-electron chi connectivity index (χ4n) is 3.38. The average molecular weight is 421 g/mol. The predicted molar refractivity (Wildman–Crippen MR) is 120 cm³/mol. The van der Waals surface area contributed by atoms with Crippen molar-refractivity contribution in [1.29, 1.82) is 0 Å². The Morgan fingerprint density at radius 3 is 2.65 bits per heavy atom. The van der Waals surface area contributed by atoms with E-state index in [0.717, 1.165) is 16.8 Å². The number of amides is 3. The molecular weight excluding hydrogens is 394 g/mol. The van der Waals surface area contributed by atoms with Gasteiger partial charge in [0.2, 0.25) is 11.8 Å². The number of aryl methyl sites for hydroxylation is 2. The van der Waals surface area contributed by atoms with Gasteiger partial charge in [0.1, 0.15) is 5.75 Å². The minimum atomic E-state index is -0.378. The van der Waals surface area contributed by atoms with Crippen molar-refractivity contribution in [3.8, 4) is 5.75 Å². The molecule has 2 aromatic carbocycles. The first-order chi connectivity index (χ1) is 14.9. The van der Waals surface area contributed by atoms with Gasteiger partial charge in [0.25, 0.3) is 5.91 Å². The smallest absolute Gasteiger partial charge is 0.262 e. The van der Waals surface area contributed by atoms with E-state index in [2.05, 4.69) is 17.2 Å². The highest BCUT2D eigenvalue weighted by Gasteiger charge is 2.34. The molecule has 3 amide bonds. The fourth-order valence-corrected chi connectivity index (χ4v) is 3.38. The second-order valence-electron chi connectivity index (χ2n) is 7.59. The Labute approximate surface area is 182 Å². The number of anilines is 2. The van der Waals surface area contributed by atoms with E-state index in [9.17, 15) is 14.4 Å². The van der Waals surface area contributed by atoms with E-state index in [1.807, 2.05) is 32.0 Å². The van der Waals surface area contributed by atoms with Crippen molar-refractivity contribution < 1.29 is 19.1 Å². The quantitative estimate of drug-likeness (QED) is 0.642. The lowest BCUT2D eigenvalue weighted by atomic mass is 10.1. The number of carbonyl (C=O) groups excluding carboxylic acids is 3. The molecule has 3 rings (SSSR count). The summed E-state index contributed by atoms with van der Waals surface area (Å²) in [7, 11) is 0. The lowest BCUT2D eigenvalue weighted by molar-refractivity contribution is -0.126. The molecule has 1 atom stereocenters. The molecule has 7 heteroatoms. The van der Waals surface area contributed by atoms with Gasteiger partial charge in [-0.2, -0.15) is 0 Å². The van der Waals surface area contributed by atoms with E-state index in [4.69, 9.17) is 4.74 Å². The number of hydrogen-bond acceptors (Lipinski definition) is 4. The summed E-state index contributed by atoms with van der Waals surface area (Å²) in [5.41, 5.74) is 3.50. The van der Waals surface area contributed by atoms with Crippen molar-refractivity contribution in [2.75, 3.05) is 29.9 Å². The van der Waals surface area contributed by atoms with E-state index < -0.39 is 0 Å². The summed E-state index contributed by atoms with van der Waals surface area (Å²) in [5.74, 6) is -0.351. The van der Waals surface area contributed by atoms with Gasteiger partial charge in [0.05, 0.1) is 5.92 Å². The van der Waals surface area contributed by atoms with Crippen molar-refractivity contribution in [2.24, 2.45) is 5.92 Å². The van der Waals surface area contributed by atoms with Crippen LogP contribution < -0.4 is 20.3 Å². The molecule has 2 N–H and O–H groups in total. The van der Waals surface area contributed by atoms with Gasteiger partial charge in [-0.3, -0.25) is 14.4 Å². The molecule has 1 fully saturated rings. The molecule has 0 radical (unpaired) electrons. The van der Waals surface area contributed by atoms with Gasteiger partial charge >= 0.3 is 0 Å². The number of nitrogens with zero attached hydrogens (tertiary/aromatic N) is 1. The van der Waals surface area contributed by atoms with Gasteiger partial charge in [0.15, 0.2) is 6.61 Å². The van der Waals surface area contributed by atoms with Crippen LogP contribution in [0.4, 0.5) is 11.4 Å². The normalized spacial score (nSPS) is 15.5. The number of nitrogens with one attached hydrogen (secondary N) is 2. The third kappa shape index (κ3) is 5.72. The van der Waals surface area contributed by atoms with E-state index in [0.29, 0.717) is 24.5 Å². The van der Waals surface area contributed by atoms with Gasteiger partial charge in [-0.05, 0) is 55.3 Å². The van der Waals surface area contributed by atoms with Gasteiger partial charge in [-0.15, -0.1) is 6.58 Å². The van der Waals surface area contributed by atoms with Crippen LogP contribution in [-0.4, -0.2) is 37.4 Å². The van der Waals surface area contributed by atoms with Crippen LogP contribution in [0.3, 0.4) is 0 Å². The first kappa shape index (κ1) is 22.1. The highest BCUT2D eigenvalue weighted by atomic mass is 16.5. The van der Waals surface area contributed by atoms with Crippen LogP contribution in [0, 0.1) is 19.8 Å².